The highest BCUT2D eigenvalue weighted by molar-refractivity contribution is 8.00. The molecule has 13 nitrogen and oxygen atoms in total. The molecule has 32 heavy (non-hydrogen) atoms. The molecule has 3 rings (SSSR count). The number of rotatable bonds is 8. The molecule has 2 aliphatic rings. The lowest BCUT2D eigenvalue weighted by Gasteiger charge is -2.49. The summed E-state index contributed by atoms with van der Waals surface area (Å²) in [4.78, 5) is 58.5. The van der Waals surface area contributed by atoms with Gasteiger partial charge in [0.1, 0.15) is 22.8 Å². The second kappa shape index (κ2) is 8.76. The third-order valence-corrected chi connectivity index (χ3v) is 6.66. The van der Waals surface area contributed by atoms with Crippen LogP contribution in [0.25, 0.3) is 0 Å². The summed E-state index contributed by atoms with van der Waals surface area (Å²) < 4.78 is 0. The summed E-state index contributed by atoms with van der Waals surface area (Å²) in [5, 5.41) is 25.7. The predicted molar refractivity (Wildman–Crippen MR) is 115 cm³/mol. The lowest BCUT2D eigenvalue weighted by molar-refractivity contribution is -0.161. The number of carboxylic acid groups (broad SMARTS) is 2. The maximum atomic E-state index is 12.9. The molecule has 3 heterocycles. The number of carboxylic acids is 2. The molecule has 1 aromatic heterocycles. The molecule has 0 aliphatic carbocycles. The van der Waals surface area contributed by atoms with E-state index in [1.165, 1.54) is 31.0 Å². The van der Waals surface area contributed by atoms with Gasteiger partial charge in [-0.15, -0.1) is 23.1 Å². The van der Waals surface area contributed by atoms with Gasteiger partial charge in [0.2, 0.25) is 5.60 Å². The molecule has 0 spiro atoms. The van der Waals surface area contributed by atoms with Gasteiger partial charge in [0.05, 0.1) is 0 Å². The predicted octanol–water partition coefficient (Wildman–Crippen LogP) is -0.993. The number of oxime groups is 1. The van der Waals surface area contributed by atoms with Gasteiger partial charge in [-0.05, 0) is 19.4 Å². The number of anilines is 1. The Labute approximate surface area is 189 Å². The van der Waals surface area contributed by atoms with Crippen molar-refractivity contribution >= 4 is 57.7 Å². The molecular weight excluding hydrogens is 464 g/mol. The van der Waals surface area contributed by atoms with Crippen LogP contribution < -0.4 is 16.8 Å². The van der Waals surface area contributed by atoms with Gasteiger partial charge in [-0.25, -0.2) is 14.6 Å². The van der Waals surface area contributed by atoms with Crippen molar-refractivity contribution in [1.29, 1.82) is 0 Å². The number of β-lactam (4-membered cyclic amide) rings is 1. The van der Waals surface area contributed by atoms with Crippen LogP contribution in [-0.2, 0) is 24.0 Å². The highest BCUT2D eigenvalue weighted by atomic mass is 32.2. The summed E-state index contributed by atoms with van der Waals surface area (Å²) in [6.45, 7) is 2.47. The molecule has 0 radical (unpaired) electrons. The first-order chi connectivity index (χ1) is 15.0. The Bertz CT molecular complexity index is 1050. The van der Waals surface area contributed by atoms with Crippen molar-refractivity contribution < 1.29 is 34.2 Å². The number of hydrogen-bond acceptors (Lipinski definition) is 11. The first-order valence-electron chi connectivity index (χ1n) is 9.09. The fraction of sp³-hybridized carbons (Fsp3) is 0.412. The Hall–Kier alpha value is -3.17. The smallest absolute Gasteiger partial charge is 0.352 e. The molecule has 0 bridgehead atoms. The number of nitrogens with one attached hydrogen (secondary N) is 1. The zero-order chi connectivity index (χ0) is 23.8. The van der Waals surface area contributed by atoms with E-state index in [-0.39, 0.29) is 28.8 Å². The number of nitrogens with zero attached hydrogens (tertiary/aromatic N) is 3. The molecule has 2 atom stereocenters. The number of fused-ring (bicyclic) bond motifs is 1. The molecule has 2 amide bonds. The highest BCUT2D eigenvalue weighted by Crippen LogP contribution is 2.40. The number of hydrogen-bond donors (Lipinski definition) is 5. The monoisotopic (exact) mass is 484 g/mol. The SMILES string of the molecule is CC(C)(O/N=C(\C(=O)NC1C(=O)N2C(C(=O)O)=C(CN)CS[C@H]12)c1csc(N)n1)C(=O)O. The van der Waals surface area contributed by atoms with Gasteiger partial charge in [0, 0.05) is 17.7 Å². The summed E-state index contributed by atoms with van der Waals surface area (Å²) in [7, 11) is 0. The topological polar surface area (TPSA) is 211 Å². The molecule has 1 unspecified atom stereocenters. The lowest BCUT2D eigenvalue weighted by Crippen LogP contribution is -2.71. The standard InChI is InChI=1S/C17H20N6O7S2/c1-17(2,15(28)29)30-22-8(7-5-32-16(19)20-7)11(24)21-9-12(25)23-10(14(26)27)6(3-18)4-31-13(9)23/h5,9,13H,3-4,18H2,1-2H3,(H2,19,20)(H,21,24)(H,26,27)(H,28,29)/b22-8-/t9?,13-/m1/s1. The van der Waals surface area contributed by atoms with Crippen molar-refractivity contribution in [3.8, 4) is 0 Å². The lowest BCUT2D eigenvalue weighted by atomic mass is 10.0. The molecule has 172 valence electrons. The summed E-state index contributed by atoms with van der Waals surface area (Å²) in [6, 6.07) is -1.03. The van der Waals surface area contributed by atoms with E-state index < -0.39 is 40.8 Å². The second-order valence-corrected chi connectivity index (χ2v) is 9.23. The quantitative estimate of drug-likeness (QED) is 0.172. The molecule has 1 aromatic rings. The summed E-state index contributed by atoms with van der Waals surface area (Å²) >= 11 is 2.29. The van der Waals surface area contributed by atoms with Crippen molar-refractivity contribution in [3.05, 3.63) is 22.3 Å². The summed E-state index contributed by atoms with van der Waals surface area (Å²) in [5.74, 6) is -3.79. The minimum Gasteiger partial charge on any atom is -0.478 e. The van der Waals surface area contributed by atoms with Crippen LogP contribution in [0, 0.1) is 0 Å². The number of carbonyl (C=O) groups is 4. The Morgan fingerprint density at radius 1 is 1.41 bits per heavy atom. The minimum absolute atomic E-state index is 0.0130. The van der Waals surface area contributed by atoms with Gasteiger partial charge in [-0.3, -0.25) is 14.5 Å². The van der Waals surface area contributed by atoms with Crippen molar-refractivity contribution in [2.45, 2.75) is 30.9 Å². The fourth-order valence-corrected chi connectivity index (χ4v) is 4.76. The maximum Gasteiger partial charge on any atom is 0.352 e. The fourth-order valence-electron chi connectivity index (χ4n) is 2.85. The Balaban J connectivity index is 1.83. The number of carbonyl (C=O) groups excluding carboxylic acids is 2. The largest absolute Gasteiger partial charge is 0.478 e. The summed E-state index contributed by atoms with van der Waals surface area (Å²) in [5.41, 5.74) is 9.35. The van der Waals surface area contributed by atoms with Gasteiger partial charge in [-0.2, -0.15) is 0 Å². The molecule has 0 aromatic carbocycles. The van der Waals surface area contributed by atoms with E-state index in [1.54, 1.807) is 0 Å². The van der Waals surface area contributed by atoms with Gasteiger partial charge < -0.3 is 31.8 Å². The normalized spacial score (nSPS) is 21.0. The molecule has 2 aliphatic heterocycles. The van der Waals surface area contributed by atoms with E-state index in [1.807, 2.05) is 0 Å². The van der Waals surface area contributed by atoms with E-state index in [0.29, 0.717) is 11.3 Å². The van der Waals surface area contributed by atoms with Gasteiger partial charge >= 0.3 is 11.9 Å². The van der Waals surface area contributed by atoms with Crippen LogP contribution >= 0.6 is 23.1 Å². The average molecular weight is 485 g/mol. The van der Waals surface area contributed by atoms with Crippen molar-refractivity contribution in [2.24, 2.45) is 10.9 Å². The molecule has 7 N–H and O–H groups in total. The number of nitrogens with two attached hydrogens (primary N) is 2. The third kappa shape index (κ3) is 4.26. The number of nitrogen functional groups attached to an aromatic ring is 1. The van der Waals surface area contributed by atoms with Crippen LogP contribution in [0.1, 0.15) is 19.5 Å². The minimum atomic E-state index is -1.74. The van der Waals surface area contributed by atoms with Crippen LogP contribution in [-0.4, -0.2) is 78.9 Å². The molecule has 15 heteroatoms. The van der Waals surface area contributed by atoms with Crippen molar-refractivity contribution in [1.82, 2.24) is 15.2 Å². The maximum absolute atomic E-state index is 12.9. The number of thiazole rings is 1. The van der Waals surface area contributed by atoms with Gasteiger partial charge in [-0.1, -0.05) is 5.16 Å². The van der Waals surface area contributed by atoms with Crippen molar-refractivity contribution in [3.63, 3.8) is 0 Å². The van der Waals surface area contributed by atoms with E-state index in [0.717, 1.165) is 16.2 Å². The molecule has 0 saturated carbocycles. The van der Waals surface area contributed by atoms with Crippen molar-refractivity contribution in [2.75, 3.05) is 18.0 Å². The highest BCUT2D eigenvalue weighted by Gasteiger charge is 2.54. The second-order valence-electron chi connectivity index (χ2n) is 7.24. The van der Waals surface area contributed by atoms with Crippen LogP contribution in [0.15, 0.2) is 21.8 Å². The van der Waals surface area contributed by atoms with Crippen LogP contribution in [0.3, 0.4) is 0 Å². The molecular formula is C17H20N6O7S2. The number of thioether (sulfide) groups is 1. The third-order valence-electron chi connectivity index (χ3n) is 4.64. The number of amides is 2. The van der Waals surface area contributed by atoms with Gasteiger partial charge in [0.25, 0.3) is 11.8 Å². The number of aromatic nitrogens is 1. The average Bonchev–Trinajstić information content (AvgIpc) is 3.16. The number of aliphatic carboxylic acids is 2. The Morgan fingerprint density at radius 2 is 2.09 bits per heavy atom. The van der Waals surface area contributed by atoms with E-state index in [2.05, 4.69) is 15.5 Å². The first kappa shape index (κ1) is 23.5. The molecule has 1 saturated heterocycles. The Morgan fingerprint density at radius 3 is 2.62 bits per heavy atom. The van der Waals surface area contributed by atoms with Crippen LogP contribution in [0.2, 0.25) is 0 Å². The van der Waals surface area contributed by atoms with E-state index in [9.17, 15) is 29.4 Å². The Kier molecular flexibility index (Phi) is 6.43. The van der Waals surface area contributed by atoms with Crippen LogP contribution in [0.4, 0.5) is 5.13 Å². The molecule has 1 fully saturated rings. The zero-order valence-corrected chi connectivity index (χ0v) is 18.5. The van der Waals surface area contributed by atoms with E-state index in [4.69, 9.17) is 16.3 Å². The van der Waals surface area contributed by atoms with Gasteiger partial charge in [0.15, 0.2) is 10.8 Å². The zero-order valence-electron chi connectivity index (χ0n) is 16.9. The first-order valence-corrected chi connectivity index (χ1v) is 11.0. The summed E-state index contributed by atoms with van der Waals surface area (Å²) in [6.07, 6.45) is 0. The van der Waals surface area contributed by atoms with Crippen LogP contribution in [0.5, 0.6) is 0 Å². The van der Waals surface area contributed by atoms with E-state index >= 15 is 0 Å².